The molecule has 0 fully saturated rings. The molecule has 3 aromatic rings. The summed E-state index contributed by atoms with van der Waals surface area (Å²) in [4.78, 5) is 12.8. The summed E-state index contributed by atoms with van der Waals surface area (Å²) in [7, 11) is 0. The van der Waals surface area contributed by atoms with Crippen LogP contribution in [0.2, 0.25) is 0 Å². The first-order chi connectivity index (χ1) is 11.8. The van der Waals surface area contributed by atoms with E-state index in [1.807, 2.05) is 36.4 Å². The van der Waals surface area contributed by atoms with Gasteiger partial charge in [-0.15, -0.1) is 0 Å². The van der Waals surface area contributed by atoms with Crippen LogP contribution in [-0.2, 0) is 0 Å². The van der Waals surface area contributed by atoms with E-state index in [9.17, 15) is 4.79 Å². The molecule has 0 aliphatic heterocycles. The SMILES string of the molecule is NCCCCCCNC(=O)c1c2ccccc2cc2ccccc12. The monoisotopic (exact) mass is 320 g/mol. The third-order valence-corrected chi connectivity index (χ3v) is 4.41. The van der Waals surface area contributed by atoms with E-state index in [1.165, 1.54) is 0 Å². The second-order valence-corrected chi connectivity index (χ2v) is 6.15. The Morgan fingerprint density at radius 2 is 1.42 bits per heavy atom. The largest absolute Gasteiger partial charge is 0.352 e. The number of rotatable bonds is 7. The van der Waals surface area contributed by atoms with Crippen molar-refractivity contribution in [1.29, 1.82) is 0 Å². The van der Waals surface area contributed by atoms with Gasteiger partial charge < -0.3 is 11.1 Å². The number of hydrogen-bond acceptors (Lipinski definition) is 2. The second-order valence-electron chi connectivity index (χ2n) is 6.15. The Hall–Kier alpha value is -2.39. The molecule has 3 nitrogen and oxygen atoms in total. The van der Waals surface area contributed by atoms with Crippen molar-refractivity contribution in [2.45, 2.75) is 25.7 Å². The minimum absolute atomic E-state index is 0.0156. The molecule has 0 aliphatic carbocycles. The molecule has 0 spiro atoms. The maximum absolute atomic E-state index is 12.8. The molecule has 0 aliphatic rings. The number of nitrogens with two attached hydrogens (primary N) is 1. The molecule has 3 N–H and O–H groups in total. The summed E-state index contributed by atoms with van der Waals surface area (Å²) in [5.74, 6) is 0.0156. The Morgan fingerprint density at radius 1 is 0.833 bits per heavy atom. The average molecular weight is 320 g/mol. The summed E-state index contributed by atoms with van der Waals surface area (Å²) < 4.78 is 0. The Labute approximate surface area is 142 Å². The van der Waals surface area contributed by atoms with E-state index in [2.05, 4.69) is 23.5 Å². The van der Waals surface area contributed by atoms with Crippen LogP contribution >= 0.6 is 0 Å². The van der Waals surface area contributed by atoms with Gasteiger partial charge >= 0.3 is 0 Å². The number of carbonyl (C=O) groups excluding carboxylic acids is 1. The van der Waals surface area contributed by atoms with Crippen molar-refractivity contribution in [2.24, 2.45) is 5.73 Å². The molecule has 0 heterocycles. The topological polar surface area (TPSA) is 55.1 Å². The molecular weight excluding hydrogens is 296 g/mol. The van der Waals surface area contributed by atoms with Crippen molar-refractivity contribution in [3.8, 4) is 0 Å². The smallest absolute Gasteiger partial charge is 0.252 e. The molecule has 24 heavy (non-hydrogen) atoms. The van der Waals surface area contributed by atoms with Crippen LogP contribution in [0.25, 0.3) is 21.5 Å². The van der Waals surface area contributed by atoms with E-state index < -0.39 is 0 Å². The molecule has 3 aromatic carbocycles. The number of nitrogens with one attached hydrogen (secondary N) is 1. The van der Waals surface area contributed by atoms with Gasteiger partial charge in [0.2, 0.25) is 0 Å². The van der Waals surface area contributed by atoms with Crippen molar-refractivity contribution in [1.82, 2.24) is 5.32 Å². The molecule has 0 bridgehead atoms. The third kappa shape index (κ3) is 3.57. The van der Waals surface area contributed by atoms with Crippen LogP contribution < -0.4 is 11.1 Å². The highest BCUT2D eigenvalue weighted by Gasteiger charge is 2.14. The first-order valence-corrected chi connectivity index (χ1v) is 8.70. The van der Waals surface area contributed by atoms with Crippen LogP contribution in [0.1, 0.15) is 36.0 Å². The van der Waals surface area contributed by atoms with Crippen molar-refractivity contribution in [2.75, 3.05) is 13.1 Å². The van der Waals surface area contributed by atoms with Crippen LogP contribution in [0.3, 0.4) is 0 Å². The zero-order valence-corrected chi connectivity index (χ0v) is 13.9. The summed E-state index contributed by atoms with van der Waals surface area (Å²) >= 11 is 0. The van der Waals surface area contributed by atoms with E-state index in [0.717, 1.165) is 59.3 Å². The summed E-state index contributed by atoms with van der Waals surface area (Å²) in [6, 6.07) is 18.3. The van der Waals surface area contributed by atoms with Gasteiger partial charge in [0.25, 0.3) is 5.91 Å². The first kappa shape index (κ1) is 16.5. The number of carbonyl (C=O) groups is 1. The van der Waals surface area contributed by atoms with E-state index in [-0.39, 0.29) is 5.91 Å². The maximum atomic E-state index is 12.8. The molecule has 0 radical (unpaired) electrons. The predicted molar refractivity (Wildman–Crippen MR) is 101 cm³/mol. The Bertz CT molecular complexity index is 787. The number of amides is 1. The van der Waals surface area contributed by atoms with Crippen molar-refractivity contribution < 1.29 is 4.79 Å². The summed E-state index contributed by atoms with van der Waals surface area (Å²) in [6.45, 7) is 1.45. The van der Waals surface area contributed by atoms with Gasteiger partial charge in [-0.2, -0.15) is 0 Å². The minimum atomic E-state index is 0.0156. The quantitative estimate of drug-likeness (QED) is 0.505. The highest BCUT2D eigenvalue weighted by Crippen LogP contribution is 2.28. The second kappa shape index (κ2) is 7.93. The lowest BCUT2D eigenvalue weighted by atomic mass is 9.96. The number of hydrogen-bond donors (Lipinski definition) is 2. The van der Waals surface area contributed by atoms with Crippen LogP contribution in [0, 0.1) is 0 Å². The lowest BCUT2D eigenvalue weighted by Gasteiger charge is -2.12. The van der Waals surface area contributed by atoms with Crippen molar-refractivity contribution >= 4 is 27.5 Å². The first-order valence-electron chi connectivity index (χ1n) is 8.70. The molecular formula is C21H24N2O. The lowest BCUT2D eigenvalue weighted by molar-refractivity contribution is 0.0956. The standard InChI is InChI=1S/C21H24N2O/c22-13-7-1-2-8-14-23-21(24)20-18-11-5-3-9-16(18)15-17-10-4-6-12-19(17)20/h3-6,9-12,15H,1-2,7-8,13-14,22H2,(H,23,24). The minimum Gasteiger partial charge on any atom is -0.352 e. The molecule has 0 unspecified atom stereocenters. The third-order valence-electron chi connectivity index (χ3n) is 4.41. The van der Waals surface area contributed by atoms with Gasteiger partial charge in [0, 0.05) is 6.54 Å². The van der Waals surface area contributed by atoms with Crippen LogP contribution in [0.5, 0.6) is 0 Å². The fourth-order valence-electron chi connectivity index (χ4n) is 3.17. The fourth-order valence-corrected chi connectivity index (χ4v) is 3.17. The van der Waals surface area contributed by atoms with Gasteiger partial charge in [-0.05, 0) is 47.0 Å². The van der Waals surface area contributed by atoms with Gasteiger partial charge in [-0.3, -0.25) is 4.79 Å². The average Bonchev–Trinajstić information content (AvgIpc) is 2.62. The molecule has 0 saturated carbocycles. The van der Waals surface area contributed by atoms with E-state index in [1.54, 1.807) is 0 Å². The van der Waals surface area contributed by atoms with Gasteiger partial charge in [-0.25, -0.2) is 0 Å². The van der Waals surface area contributed by atoms with E-state index >= 15 is 0 Å². The van der Waals surface area contributed by atoms with Gasteiger partial charge in [-0.1, -0.05) is 61.4 Å². The summed E-state index contributed by atoms with van der Waals surface area (Å²) in [5.41, 5.74) is 6.29. The van der Waals surface area contributed by atoms with Crippen LogP contribution in [-0.4, -0.2) is 19.0 Å². The van der Waals surface area contributed by atoms with Gasteiger partial charge in [0.15, 0.2) is 0 Å². The molecule has 124 valence electrons. The van der Waals surface area contributed by atoms with Crippen LogP contribution in [0.15, 0.2) is 54.6 Å². The number of fused-ring (bicyclic) bond motifs is 2. The Morgan fingerprint density at radius 3 is 2.04 bits per heavy atom. The van der Waals surface area contributed by atoms with E-state index in [0.29, 0.717) is 6.54 Å². The number of unbranched alkanes of at least 4 members (excludes halogenated alkanes) is 3. The van der Waals surface area contributed by atoms with Crippen LogP contribution in [0.4, 0.5) is 0 Å². The molecule has 3 rings (SSSR count). The predicted octanol–water partition coefficient (Wildman–Crippen LogP) is 4.24. The normalized spacial score (nSPS) is 11.0. The van der Waals surface area contributed by atoms with Crippen molar-refractivity contribution in [3.05, 3.63) is 60.2 Å². The molecule has 0 saturated heterocycles. The lowest BCUT2D eigenvalue weighted by Crippen LogP contribution is -2.25. The Balaban J connectivity index is 1.84. The molecule has 0 aromatic heterocycles. The Kier molecular flexibility index (Phi) is 5.44. The van der Waals surface area contributed by atoms with Gasteiger partial charge in [0.05, 0.1) is 5.56 Å². The molecule has 1 amide bonds. The molecule has 0 atom stereocenters. The summed E-state index contributed by atoms with van der Waals surface area (Å²) in [6.07, 6.45) is 4.29. The number of benzene rings is 3. The zero-order chi connectivity index (χ0) is 16.8. The maximum Gasteiger partial charge on any atom is 0.252 e. The molecule has 3 heteroatoms. The highest BCUT2D eigenvalue weighted by molar-refractivity contribution is 6.18. The summed E-state index contributed by atoms with van der Waals surface area (Å²) in [5, 5.41) is 7.31. The highest BCUT2D eigenvalue weighted by atomic mass is 16.1. The van der Waals surface area contributed by atoms with Gasteiger partial charge in [0.1, 0.15) is 0 Å². The fraction of sp³-hybridized carbons (Fsp3) is 0.286. The zero-order valence-electron chi connectivity index (χ0n) is 13.9. The van der Waals surface area contributed by atoms with Crippen molar-refractivity contribution in [3.63, 3.8) is 0 Å². The van der Waals surface area contributed by atoms with E-state index in [4.69, 9.17) is 5.73 Å².